The van der Waals surface area contributed by atoms with E-state index >= 15 is 0 Å². The molecule has 6 nitrogen and oxygen atoms in total. The molecule has 0 bridgehead atoms. The van der Waals surface area contributed by atoms with Crippen molar-refractivity contribution >= 4 is 17.7 Å². The van der Waals surface area contributed by atoms with Crippen molar-refractivity contribution in [3.63, 3.8) is 0 Å². The van der Waals surface area contributed by atoms with E-state index in [1.165, 1.54) is 0 Å². The van der Waals surface area contributed by atoms with Gasteiger partial charge in [0.25, 0.3) is 0 Å². The number of rotatable bonds is 5. The maximum atomic E-state index is 13.3. The first kappa shape index (κ1) is 22.1. The van der Waals surface area contributed by atoms with Gasteiger partial charge in [0.1, 0.15) is 0 Å². The number of benzene rings is 2. The lowest BCUT2D eigenvalue weighted by molar-refractivity contribution is -0.137. The molecule has 0 aliphatic carbocycles. The molecule has 2 aliphatic rings. The second-order valence-corrected chi connectivity index (χ2v) is 8.80. The molecule has 2 heterocycles. The van der Waals surface area contributed by atoms with E-state index < -0.39 is 0 Å². The molecule has 0 saturated carbocycles. The van der Waals surface area contributed by atoms with Crippen LogP contribution in [-0.4, -0.2) is 72.2 Å². The normalized spacial score (nSPS) is 21.8. The number of carbonyl (C=O) groups excluding carboxylic acids is 3. The summed E-state index contributed by atoms with van der Waals surface area (Å²) in [5.74, 6) is -0.507. The maximum absolute atomic E-state index is 13.3. The Morgan fingerprint density at radius 2 is 1.69 bits per heavy atom. The summed E-state index contributed by atoms with van der Waals surface area (Å²) >= 11 is 0. The highest BCUT2D eigenvalue weighted by molar-refractivity contribution is 5.90. The van der Waals surface area contributed by atoms with Crippen LogP contribution >= 0.6 is 0 Å². The molecule has 2 fully saturated rings. The van der Waals surface area contributed by atoms with Crippen molar-refractivity contribution in [2.75, 3.05) is 39.8 Å². The molecule has 32 heavy (non-hydrogen) atoms. The van der Waals surface area contributed by atoms with Crippen LogP contribution in [0.2, 0.25) is 0 Å². The zero-order valence-corrected chi connectivity index (χ0v) is 18.9. The predicted octanol–water partition coefficient (Wildman–Crippen LogP) is 2.68. The number of likely N-dealkylation sites (tertiary alicyclic amines) is 1. The smallest absolute Gasteiger partial charge is 0.228 e. The molecular weight excluding hydrogens is 402 g/mol. The molecule has 2 unspecified atom stereocenters. The minimum atomic E-state index is -0.312. The lowest BCUT2D eigenvalue weighted by atomic mass is 9.91. The van der Waals surface area contributed by atoms with Gasteiger partial charge in [-0.25, -0.2) is 0 Å². The lowest BCUT2D eigenvalue weighted by Crippen LogP contribution is -2.41. The summed E-state index contributed by atoms with van der Waals surface area (Å²) < 4.78 is 0. The fourth-order valence-corrected chi connectivity index (χ4v) is 4.86. The fraction of sp³-hybridized carbons (Fsp3) is 0.423. The zero-order chi connectivity index (χ0) is 22.7. The summed E-state index contributed by atoms with van der Waals surface area (Å²) in [6.07, 6.45) is 0.840. The summed E-state index contributed by atoms with van der Waals surface area (Å²) in [5.41, 5.74) is 3.35. The van der Waals surface area contributed by atoms with Crippen LogP contribution in [0.4, 0.5) is 0 Å². The van der Waals surface area contributed by atoms with Crippen LogP contribution in [0.5, 0.6) is 0 Å². The molecule has 6 heteroatoms. The highest BCUT2D eigenvalue weighted by Gasteiger charge is 2.38. The second-order valence-electron chi connectivity index (χ2n) is 8.80. The van der Waals surface area contributed by atoms with Crippen molar-refractivity contribution in [2.24, 2.45) is 11.8 Å². The molecule has 2 saturated heterocycles. The van der Waals surface area contributed by atoms with Crippen molar-refractivity contribution in [3.8, 4) is 11.1 Å². The van der Waals surface area contributed by atoms with Crippen molar-refractivity contribution in [1.82, 2.24) is 14.7 Å². The van der Waals surface area contributed by atoms with Gasteiger partial charge in [-0.2, -0.15) is 0 Å². The Hall–Kier alpha value is -3.15. The van der Waals surface area contributed by atoms with Gasteiger partial charge in [0.2, 0.25) is 17.7 Å². The number of hydrogen-bond acceptors (Lipinski definition) is 3. The van der Waals surface area contributed by atoms with E-state index in [0.29, 0.717) is 39.1 Å². The molecule has 0 radical (unpaired) electrons. The topological polar surface area (TPSA) is 60.9 Å². The molecule has 3 amide bonds. The summed E-state index contributed by atoms with van der Waals surface area (Å²) in [4.78, 5) is 43.9. The molecule has 2 aromatic carbocycles. The van der Waals surface area contributed by atoms with E-state index in [1.807, 2.05) is 47.1 Å². The molecule has 0 N–H and O–H groups in total. The number of carbonyl (C=O) groups is 3. The number of hydrogen-bond donors (Lipinski definition) is 0. The van der Waals surface area contributed by atoms with E-state index in [2.05, 4.69) is 24.3 Å². The standard InChI is InChI=1S/C26H31N3O3/c1-3-28-13-14-29(26(32)22-16-24(30)27(2)17-22)18-21(25(28)31)15-20-11-7-8-12-23(20)19-9-5-4-6-10-19/h4-12,21-22H,3,13-18H2,1-2H3. The summed E-state index contributed by atoms with van der Waals surface area (Å²) in [7, 11) is 1.74. The van der Waals surface area contributed by atoms with Crippen molar-refractivity contribution in [3.05, 3.63) is 60.2 Å². The lowest BCUT2D eigenvalue weighted by Gasteiger charge is -2.26. The minimum Gasteiger partial charge on any atom is -0.345 e. The second kappa shape index (κ2) is 9.55. The fourth-order valence-electron chi connectivity index (χ4n) is 4.86. The Labute approximate surface area is 189 Å². The van der Waals surface area contributed by atoms with Crippen LogP contribution < -0.4 is 0 Å². The van der Waals surface area contributed by atoms with Gasteiger partial charge < -0.3 is 14.7 Å². The Morgan fingerprint density at radius 1 is 0.969 bits per heavy atom. The van der Waals surface area contributed by atoms with Gasteiger partial charge in [-0.15, -0.1) is 0 Å². The first-order valence-corrected chi connectivity index (χ1v) is 11.4. The van der Waals surface area contributed by atoms with Gasteiger partial charge in [-0.1, -0.05) is 54.6 Å². The number of amides is 3. The number of likely N-dealkylation sites (N-methyl/N-ethyl adjacent to an activating group) is 1. The van der Waals surface area contributed by atoms with E-state index in [-0.39, 0.29) is 36.0 Å². The molecule has 0 aromatic heterocycles. The predicted molar refractivity (Wildman–Crippen MR) is 124 cm³/mol. The molecule has 2 aromatic rings. The van der Waals surface area contributed by atoms with Crippen LogP contribution in [0.15, 0.2) is 54.6 Å². The van der Waals surface area contributed by atoms with Crippen molar-refractivity contribution in [1.29, 1.82) is 0 Å². The monoisotopic (exact) mass is 433 g/mol. The summed E-state index contributed by atoms with van der Waals surface area (Å²) in [5, 5.41) is 0. The van der Waals surface area contributed by atoms with Crippen molar-refractivity contribution < 1.29 is 14.4 Å². The molecule has 4 rings (SSSR count). The van der Waals surface area contributed by atoms with Gasteiger partial charge in [0.15, 0.2) is 0 Å². The highest BCUT2D eigenvalue weighted by atomic mass is 16.2. The maximum Gasteiger partial charge on any atom is 0.228 e. The van der Waals surface area contributed by atoms with E-state index in [0.717, 1.165) is 16.7 Å². The van der Waals surface area contributed by atoms with Gasteiger partial charge in [-0.05, 0) is 30.0 Å². The third kappa shape index (κ3) is 4.54. The molecule has 2 atom stereocenters. The third-order valence-electron chi connectivity index (χ3n) is 6.69. The van der Waals surface area contributed by atoms with E-state index in [4.69, 9.17) is 0 Å². The van der Waals surface area contributed by atoms with Crippen LogP contribution in [0.25, 0.3) is 11.1 Å². The Kier molecular flexibility index (Phi) is 6.58. The molecule has 0 spiro atoms. The average Bonchev–Trinajstić information content (AvgIpc) is 3.07. The minimum absolute atomic E-state index is 0.00482. The molecule has 168 valence electrons. The first-order chi connectivity index (χ1) is 15.5. The van der Waals surface area contributed by atoms with E-state index in [9.17, 15) is 14.4 Å². The SMILES string of the molecule is CCN1CCN(C(=O)C2CC(=O)N(C)C2)CC(Cc2ccccc2-c2ccccc2)C1=O. The molecular formula is C26H31N3O3. The summed E-state index contributed by atoms with van der Waals surface area (Å²) in [6, 6.07) is 18.4. The largest absolute Gasteiger partial charge is 0.345 e. The Balaban J connectivity index is 1.58. The Morgan fingerprint density at radius 3 is 2.38 bits per heavy atom. The number of nitrogens with zero attached hydrogens (tertiary/aromatic N) is 3. The average molecular weight is 434 g/mol. The van der Waals surface area contributed by atoms with Gasteiger partial charge in [0.05, 0.1) is 11.8 Å². The first-order valence-electron chi connectivity index (χ1n) is 11.4. The summed E-state index contributed by atoms with van der Waals surface area (Å²) in [6.45, 7) is 4.52. The third-order valence-corrected chi connectivity index (χ3v) is 6.69. The zero-order valence-electron chi connectivity index (χ0n) is 18.9. The van der Waals surface area contributed by atoms with Gasteiger partial charge >= 0.3 is 0 Å². The van der Waals surface area contributed by atoms with Crippen molar-refractivity contribution in [2.45, 2.75) is 19.8 Å². The van der Waals surface area contributed by atoms with Gasteiger partial charge in [-0.3, -0.25) is 14.4 Å². The highest BCUT2D eigenvalue weighted by Crippen LogP contribution is 2.28. The molecule has 2 aliphatic heterocycles. The van der Waals surface area contributed by atoms with Gasteiger partial charge in [0, 0.05) is 46.2 Å². The van der Waals surface area contributed by atoms with E-state index in [1.54, 1.807) is 11.9 Å². The van der Waals surface area contributed by atoms with Crippen LogP contribution in [0.1, 0.15) is 18.9 Å². The van der Waals surface area contributed by atoms with Crippen LogP contribution in [0, 0.1) is 11.8 Å². The van der Waals surface area contributed by atoms with Crippen LogP contribution in [-0.2, 0) is 20.8 Å². The quantitative estimate of drug-likeness (QED) is 0.729. The Bertz CT molecular complexity index is 991. The van der Waals surface area contributed by atoms with Crippen LogP contribution in [0.3, 0.4) is 0 Å².